The van der Waals surface area contributed by atoms with Crippen LogP contribution in [0.5, 0.6) is 0 Å². The highest BCUT2D eigenvalue weighted by atomic mass is 35.5. The van der Waals surface area contributed by atoms with E-state index in [9.17, 15) is 24.3 Å². The maximum Gasteiger partial charge on any atom is 0.326 e. The van der Waals surface area contributed by atoms with Crippen LogP contribution in [0.15, 0.2) is 54.6 Å². The second kappa shape index (κ2) is 15.5. The van der Waals surface area contributed by atoms with Crippen molar-refractivity contribution in [2.24, 2.45) is 5.92 Å². The summed E-state index contributed by atoms with van der Waals surface area (Å²) in [6.07, 6.45) is 5.45. The Labute approximate surface area is 274 Å². The highest BCUT2D eigenvalue weighted by Crippen LogP contribution is 2.31. The zero-order valence-electron chi connectivity index (χ0n) is 23.4. The number of anilines is 2. The van der Waals surface area contributed by atoms with Gasteiger partial charge in [-0.05, 0) is 60.7 Å². The summed E-state index contributed by atoms with van der Waals surface area (Å²) < 4.78 is 0. The number of nitrogens with one attached hydrogen (secondary N) is 4. The van der Waals surface area contributed by atoms with Crippen molar-refractivity contribution < 1.29 is 24.3 Å². The smallest absolute Gasteiger partial charge is 0.326 e. The molecule has 0 heterocycles. The maximum absolute atomic E-state index is 13.0. The molecule has 3 aromatic rings. The first-order chi connectivity index (χ1) is 21.0. The standard InChI is InChI=1S/C31H30Cl4N4O5/c32-19-14-21(28(40)36-16-18-5-2-1-3-6-18)27(24(35)15-19)39-31(44)38-25(30(42)43)13-17-9-11-20(12-10-17)37-29(41)26-22(33)7-4-8-23(26)34/h4,7-12,14-15,18,25H,1-3,5-6,13,16H2,(H,36,40)(H,37,41)(H,42,43)(H2,38,39,44). The molecule has 0 radical (unpaired) electrons. The second-order valence-electron chi connectivity index (χ2n) is 10.5. The molecule has 0 saturated heterocycles. The van der Waals surface area contributed by atoms with Gasteiger partial charge in [-0.25, -0.2) is 9.59 Å². The molecule has 0 spiro atoms. The van der Waals surface area contributed by atoms with Gasteiger partial charge in [-0.15, -0.1) is 0 Å². The molecule has 232 valence electrons. The fraction of sp³-hybridized carbons (Fsp3) is 0.290. The Kier molecular flexibility index (Phi) is 11.7. The topological polar surface area (TPSA) is 137 Å². The summed E-state index contributed by atoms with van der Waals surface area (Å²) in [6, 6.07) is 11.7. The number of aliphatic carboxylic acids is 1. The number of rotatable bonds is 10. The highest BCUT2D eigenvalue weighted by Gasteiger charge is 2.24. The van der Waals surface area contributed by atoms with Gasteiger partial charge in [-0.3, -0.25) is 9.59 Å². The third-order valence-corrected chi connectivity index (χ3v) is 8.41. The van der Waals surface area contributed by atoms with E-state index in [1.165, 1.54) is 18.6 Å². The SMILES string of the molecule is O=C(Nc1c(Cl)cc(Cl)cc1C(=O)NCC1CCCCC1)NC(Cc1ccc(NC(=O)c2c(Cl)cccc2Cl)cc1)C(=O)O. The minimum Gasteiger partial charge on any atom is -0.480 e. The number of hydrogen-bond donors (Lipinski definition) is 5. The van der Waals surface area contributed by atoms with Crippen molar-refractivity contribution in [2.75, 3.05) is 17.2 Å². The molecule has 1 atom stereocenters. The fourth-order valence-electron chi connectivity index (χ4n) is 4.98. The number of amides is 4. The molecule has 13 heteroatoms. The lowest BCUT2D eigenvalue weighted by atomic mass is 9.89. The first kappa shape index (κ1) is 33.4. The Morgan fingerprint density at radius 2 is 1.48 bits per heavy atom. The number of carbonyl (C=O) groups excluding carboxylic acids is 3. The molecule has 3 aromatic carbocycles. The van der Waals surface area contributed by atoms with E-state index in [2.05, 4.69) is 21.3 Å². The maximum atomic E-state index is 13.0. The van der Waals surface area contributed by atoms with Crippen molar-refractivity contribution in [1.82, 2.24) is 10.6 Å². The van der Waals surface area contributed by atoms with Gasteiger partial charge in [-0.1, -0.05) is 83.9 Å². The van der Waals surface area contributed by atoms with E-state index >= 15 is 0 Å². The van der Waals surface area contributed by atoms with E-state index < -0.39 is 29.9 Å². The zero-order chi connectivity index (χ0) is 31.8. The Bertz CT molecular complexity index is 1520. The summed E-state index contributed by atoms with van der Waals surface area (Å²) in [5.41, 5.74) is 1.21. The van der Waals surface area contributed by atoms with Crippen LogP contribution in [0.25, 0.3) is 0 Å². The molecule has 1 fully saturated rings. The fourth-order valence-corrected chi connectivity index (χ4v) is 6.09. The van der Waals surface area contributed by atoms with Crippen molar-refractivity contribution in [3.05, 3.63) is 91.4 Å². The Morgan fingerprint density at radius 3 is 2.11 bits per heavy atom. The molecule has 1 aliphatic rings. The van der Waals surface area contributed by atoms with E-state index in [0.29, 0.717) is 23.7 Å². The summed E-state index contributed by atoms with van der Waals surface area (Å²) in [4.78, 5) is 50.6. The molecule has 0 aromatic heterocycles. The van der Waals surface area contributed by atoms with Gasteiger partial charge in [-0.2, -0.15) is 0 Å². The molecule has 9 nitrogen and oxygen atoms in total. The normalized spacial score (nSPS) is 13.9. The number of benzene rings is 3. The average molecular weight is 680 g/mol. The van der Waals surface area contributed by atoms with Gasteiger partial charge in [0.2, 0.25) is 0 Å². The molecule has 1 unspecified atom stereocenters. The number of carbonyl (C=O) groups is 4. The average Bonchev–Trinajstić information content (AvgIpc) is 2.98. The van der Waals surface area contributed by atoms with E-state index in [0.717, 1.165) is 25.7 Å². The quantitative estimate of drug-likeness (QED) is 0.150. The van der Waals surface area contributed by atoms with Crippen LogP contribution in [0, 0.1) is 5.92 Å². The van der Waals surface area contributed by atoms with Crippen LogP contribution in [-0.2, 0) is 11.2 Å². The molecule has 1 aliphatic carbocycles. The Balaban J connectivity index is 1.39. The lowest BCUT2D eigenvalue weighted by Crippen LogP contribution is -2.44. The second-order valence-corrected chi connectivity index (χ2v) is 12.1. The van der Waals surface area contributed by atoms with Crippen LogP contribution in [-0.4, -0.2) is 41.5 Å². The number of halogens is 4. The molecular formula is C31H30Cl4N4O5. The van der Waals surface area contributed by atoms with Crippen LogP contribution in [0.4, 0.5) is 16.2 Å². The number of hydrogen-bond acceptors (Lipinski definition) is 4. The summed E-state index contributed by atoms with van der Waals surface area (Å²) >= 11 is 24.7. The molecule has 0 bridgehead atoms. The molecule has 44 heavy (non-hydrogen) atoms. The number of urea groups is 1. The Morgan fingerprint density at radius 1 is 0.818 bits per heavy atom. The van der Waals surface area contributed by atoms with Gasteiger partial charge in [0.05, 0.1) is 31.9 Å². The monoisotopic (exact) mass is 678 g/mol. The minimum absolute atomic E-state index is 0.0116. The largest absolute Gasteiger partial charge is 0.480 e. The lowest BCUT2D eigenvalue weighted by molar-refractivity contribution is -0.139. The van der Waals surface area contributed by atoms with Gasteiger partial charge in [0.25, 0.3) is 11.8 Å². The van der Waals surface area contributed by atoms with E-state index in [1.807, 2.05) is 0 Å². The predicted molar refractivity (Wildman–Crippen MR) is 174 cm³/mol. The number of carboxylic acids is 1. The summed E-state index contributed by atoms with van der Waals surface area (Å²) in [6.45, 7) is 0.492. The summed E-state index contributed by atoms with van der Waals surface area (Å²) in [7, 11) is 0. The predicted octanol–water partition coefficient (Wildman–Crippen LogP) is 7.68. The molecule has 1 saturated carbocycles. The van der Waals surface area contributed by atoms with Crippen molar-refractivity contribution in [1.29, 1.82) is 0 Å². The van der Waals surface area contributed by atoms with E-state index in [4.69, 9.17) is 46.4 Å². The van der Waals surface area contributed by atoms with Crippen molar-refractivity contribution in [3.63, 3.8) is 0 Å². The zero-order valence-corrected chi connectivity index (χ0v) is 26.4. The van der Waals surface area contributed by atoms with Crippen LogP contribution in [0.2, 0.25) is 20.1 Å². The van der Waals surface area contributed by atoms with Crippen LogP contribution < -0.4 is 21.3 Å². The molecule has 4 rings (SSSR count). The van der Waals surface area contributed by atoms with Crippen molar-refractivity contribution >= 4 is 81.6 Å². The van der Waals surface area contributed by atoms with Gasteiger partial charge < -0.3 is 26.4 Å². The first-order valence-corrected chi connectivity index (χ1v) is 15.4. The Hall–Kier alpha value is -3.50. The summed E-state index contributed by atoms with van der Waals surface area (Å²) in [5.74, 6) is -1.85. The van der Waals surface area contributed by atoms with Crippen molar-refractivity contribution in [2.45, 2.75) is 44.6 Å². The van der Waals surface area contributed by atoms with Crippen LogP contribution in [0.1, 0.15) is 58.4 Å². The molecule has 5 N–H and O–H groups in total. The summed E-state index contributed by atoms with van der Waals surface area (Å²) in [5, 5.41) is 21.0. The van der Waals surface area contributed by atoms with Gasteiger partial charge in [0.15, 0.2) is 0 Å². The lowest BCUT2D eigenvalue weighted by Gasteiger charge is -2.22. The molecule has 4 amide bonds. The minimum atomic E-state index is -1.33. The van der Waals surface area contributed by atoms with Crippen LogP contribution >= 0.6 is 46.4 Å². The third kappa shape index (κ3) is 9.01. The van der Waals surface area contributed by atoms with E-state index in [1.54, 1.807) is 42.5 Å². The highest BCUT2D eigenvalue weighted by molar-refractivity contribution is 6.40. The van der Waals surface area contributed by atoms with E-state index in [-0.39, 0.29) is 43.3 Å². The number of carboxylic acid groups (broad SMARTS) is 1. The molecule has 0 aliphatic heterocycles. The van der Waals surface area contributed by atoms with Crippen molar-refractivity contribution in [3.8, 4) is 0 Å². The molecular weight excluding hydrogens is 650 g/mol. The first-order valence-electron chi connectivity index (χ1n) is 13.9. The third-order valence-electron chi connectivity index (χ3n) is 7.26. The van der Waals surface area contributed by atoms with Gasteiger partial charge in [0.1, 0.15) is 6.04 Å². The van der Waals surface area contributed by atoms with Gasteiger partial charge >= 0.3 is 12.0 Å². The van der Waals surface area contributed by atoms with Gasteiger partial charge in [0, 0.05) is 23.7 Å². The van der Waals surface area contributed by atoms with Crippen LogP contribution in [0.3, 0.4) is 0 Å².